The first kappa shape index (κ1) is 20.6. The number of rotatable bonds is 7. The highest BCUT2D eigenvalue weighted by Gasteiger charge is 2.36. The van der Waals surface area contributed by atoms with E-state index in [4.69, 9.17) is 14.2 Å². The minimum atomic E-state index is -0.552. The van der Waals surface area contributed by atoms with Crippen molar-refractivity contribution in [1.82, 2.24) is 4.98 Å². The number of thiazole rings is 1. The average Bonchev–Trinajstić information content (AvgIpc) is 3.34. The van der Waals surface area contributed by atoms with Crippen LogP contribution in [0, 0.1) is 5.92 Å². The molecule has 1 aliphatic rings. The molecular formula is C19H21N3O6S. The molecule has 3 rings (SSSR count). The fourth-order valence-corrected chi connectivity index (χ4v) is 3.64. The van der Waals surface area contributed by atoms with Gasteiger partial charge >= 0.3 is 5.97 Å². The van der Waals surface area contributed by atoms with Crippen LogP contribution in [0.1, 0.15) is 23.8 Å². The summed E-state index contributed by atoms with van der Waals surface area (Å²) in [4.78, 5) is 42.4. The second-order valence-corrected chi connectivity index (χ2v) is 7.05. The van der Waals surface area contributed by atoms with E-state index in [0.29, 0.717) is 17.2 Å². The van der Waals surface area contributed by atoms with Crippen molar-refractivity contribution < 1.29 is 28.6 Å². The molecule has 0 bridgehead atoms. The molecule has 1 saturated heterocycles. The molecule has 1 aromatic carbocycles. The van der Waals surface area contributed by atoms with E-state index in [2.05, 4.69) is 10.3 Å². The van der Waals surface area contributed by atoms with Gasteiger partial charge in [0.15, 0.2) is 10.8 Å². The van der Waals surface area contributed by atoms with Crippen LogP contribution in [0.4, 0.5) is 10.8 Å². The molecule has 0 unspecified atom stereocenters. The van der Waals surface area contributed by atoms with Crippen LogP contribution < -0.4 is 19.7 Å². The predicted molar refractivity (Wildman–Crippen MR) is 107 cm³/mol. The number of nitrogens with one attached hydrogen (secondary N) is 1. The molecule has 0 spiro atoms. The first-order valence-corrected chi connectivity index (χ1v) is 9.80. The zero-order chi connectivity index (χ0) is 21.0. The summed E-state index contributed by atoms with van der Waals surface area (Å²) in [6, 6.07) is 5.13. The quantitative estimate of drug-likeness (QED) is 0.687. The van der Waals surface area contributed by atoms with E-state index in [1.165, 1.54) is 17.4 Å². The molecule has 0 saturated carbocycles. The minimum Gasteiger partial charge on any atom is -0.497 e. The van der Waals surface area contributed by atoms with Gasteiger partial charge in [0.2, 0.25) is 11.8 Å². The minimum absolute atomic E-state index is 0.0666. The number of anilines is 2. The van der Waals surface area contributed by atoms with Crippen LogP contribution in [-0.4, -0.2) is 50.1 Å². The molecule has 2 amide bonds. The number of aromatic nitrogens is 1. The lowest BCUT2D eigenvalue weighted by molar-refractivity contribution is -0.122. The van der Waals surface area contributed by atoms with Gasteiger partial charge in [-0.3, -0.25) is 9.59 Å². The molecular weight excluding hydrogens is 398 g/mol. The van der Waals surface area contributed by atoms with E-state index in [1.54, 1.807) is 32.2 Å². The lowest BCUT2D eigenvalue weighted by Crippen LogP contribution is -2.28. The van der Waals surface area contributed by atoms with E-state index in [-0.39, 0.29) is 42.2 Å². The van der Waals surface area contributed by atoms with Crippen LogP contribution in [0.15, 0.2) is 23.6 Å². The van der Waals surface area contributed by atoms with Crippen molar-refractivity contribution in [3.05, 3.63) is 29.3 Å². The summed E-state index contributed by atoms with van der Waals surface area (Å²) < 4.78 is 15.4. The largest absolute Gasteiger partial charge is 0.497 e. The Hall–Kier alpha value is -3.14. The molecule has 154 valence electrons. The average molecular weight is 419 g/mol. The van der Waals surface area contributed by atoms with Crippen molar-refractivity contribution in [3.63, 3.8) is 0 Å². The fraction of sp³-hybridized carbons (Fsp3) is 0.368. The Morgan fingerprint density at radius 3 is 2.79 bits per heavy atom. The number of esters is 1. The van der Waals surface area contributed by atoms with Crippen molar-refractivity contribution in [3.8, 4) is 11.5 Å². The number of ether oxygens (including phenoxy) is 3. The Morgan fingerprint density at radius 2 is 2.10 bits per heavy atom. The molecule has 1 N–H and O–H groups in total. The van der Waals surface area contributed by atoms with Crippen LogP contribution in [0.3, 0.4) is 0 Å². The number of benzene rings is 1. The third kappa shape index (κ3) is 4.48. The maximum absolute atomic E-state index is 12.6. The zero-order valence-electron chi connectivity index (χ0n) is 16.3. The van der Waals surface area contributed by atoms with E-state index in [1.807, 2.05) is 0 Å². The summed E-state index contributed by atoms with van der Waals surface area (Å²) in [5.41, 5.74) is 0.715. The van der Waals surface area contributed by atoms with Crippen molar-refractivity contribution in [2.45, 2.75) is 13.3 Å². The van der Waals surface area contributed by atoms with Gasteiger partial charge in [0.05, 0.1) is 32.4 Å². The number of methoxy groups -OCH3 is 2. The van der Waals surface area contributed by atoms with Gasteiger partial charge in [0.1, 0.15) is 11.5 Å². The standard InChI is InChI=1S/C19H21N3O6S/c1-4-28-18(25)13-10-29-19(20-13)21-17(24)11-7-16(23)22(9-11)14-6-5-12(26-2)8-15(14)27-3/h5-6,8,10-11H,4,7,9H2,1-3H3,(H,20,21,24)/t11-/m1/s1. The highest BCUT2D eigenvalue weighted by atomic mass is 32.1. The van der Waals surface area contributed by atoms with Gasteiger partial charge in [0.25, 0.3) is 0 Å². The van der Waals surface area contributed by atoms with E-state index in [9.17, 15) is 14.4 Å². The normalized spacial score (nSPS) is 15.9. The van der Waals surface area contributed by atoms with Gasteiger partial charge in [-0.1, -0.05) is 0 Å². The number of hydrogen-bond donors (Lipinski definition) is 1. The molecule has 0 aliphatic carbocycles. The maximum Gasteiger partial charge on any atom is 0.357 e. The number of amides is 2. The zero-order valence-corrected chi connectivity index (χ0v) is 17.1. The molecule has 1 aliphatic heterocycles. The molecule has 2 aromatic rings. The van der Waals surface area contributed by atoms with E-state index < -0.39 is 11.9 Å². The first-order chi connectivity index (χ1) is 14.0. The lowest BCUT2D eigenvalue weighted by atomic mass is 10.1. The Kier molecular flexibility index (Phi) is 6.32. The van der Waals surface area contributed by atoms with Crippen molar-refractivity contribution >= 4 is 39.9 Å². The number of nitrogens with zero attached hydrogens (tertiary/aromatic N) is 2. The molecule has 9 nitrogen and oxygen atoms in total. The second-order valence-electron chi connectivity index (χ2n) is 6.19. The molecule has 2 heterocycles. The summed E-state index contributed by atoms with van der Waals surface area (Å²) in [7, 11) is 3.05. The number of carbonyl (C=O) groups excluding carboxylic acids is 3. The van der Waals surface area contributed by atoms with Crippen molar-refractivity contribution in [2.24, 2.45) is 5.92 Å². The van der Waals surface area contributed by atoms with Gasteiger partial charge in [0, 0.05) is 24.4 Å². The first-order valence-electron chi connectivity index (χ1n) is 8.92. The summed E-state index contributed by atoms with van der Waals surface area (Å²) >= 11 is 1.12. The topological polar surface area (TPSA) is 107 Å². The van der Waals surface area contributed by atoms with Gasteiger partial charge < -0.3 is 24.4 Å². The highest BCUT2D eigenvalue weighted by Crippen LogP contribution is 2.36. The Labute approximate surface area is 171 Å². The summed E-state index contributed by atoms with van der Waals surface area (Å²) in [6.07, 6.45) is 0.0666. The van der Waals surface area contributed by atoms with Crippen molar-refractivity contribution in [2.75, 3.05) is 37.6 Å². The number of hydrogen-bond acceptors (Lipinski definition) is 8. The van der Waals surface area contributed by atoms with Crippen LogP contribution in [-0.2, 0) is 14.3 Å². The molecule has 1 fully saturated rings. The van der Waals surface area contributed by atoms with E-state index in [0.717, 1.165) is 11.3 Å². The third-order valence-corrected chi connectivity index (χ3v) is 5.15. The Balaban J connectivity index is 1.69. The SMILES string of the molecule is CCOC(=O)c1csc(NC(=O)[C@@H]2CC(=O)N(c3ccc(OC)cc3OC)C2)n1. The van der Waals surface area contributed by atoms with Crippen LogP contribution >= 0.6 is 11.3 Å². The molecule has 1 atom stereocenters. The monoisotopic (exact) mass is 419 g/mol. The third-order valence-electron chi connectivity index (χ3n) is 4.39. The molecule has 1 aromatic heterocycles. The molecule has 10 heteroatoms. The van der Waals surface area contributed by atoms with Gasteiger partial charge in [-0.05, 0) is 19.1 Å². The Morgan fingerprint density at radius 1 is 1.31 bits per heavy atom. The van der Waals surface area contributed by atoms with Gasteiger partial charge in [-0.2, -0.15) is 0 Å². The summed E-state index contributed by atoms with van der Waals surface area (Å²) in [5.74, 6) is -0.522. The smallest absolute Gasteiger partial charge is 0.357 e. The van der Waals surface area contributed by atoms with Gasteiger partial charge in [-0.25, -0.2) is 9.78 Å². The second kappa shape index (κ2) is 8.91. The van der Waals surface area contributed by atoms with Crippen LogP contribution in [0.2, 0.25) is 0 Å². The van der Waals surface area contributed by atoms with E-state index >= 15 is 0 Å². The summed E-state index contributed by atoms with van der Waals surface area (Å²) in [6.45, 7) is 2.16. The Bertz CT molecular complexity index is 928. The molecule has 0 radical (unpaired) electrons. The fourth-order valence-electron chi connectivity index (χ4n) is 2.96. The van der Waals surface area contributed by atoms with Crippen LogP contribution in [0.5, 0.6) is 11.5 Å². The predicted octanol–water partition coefficient (Wildman–Crippen LogP) is 2.33. The highest BCUT2D eigenvalue weighted by molar-refractivity contribution is 7.14. The summed E-state index contributed by atoms with van der Waals surface area (Å²) in [5, 5.41) is 4.47. The lowest BCUT2D eigenvalue weighted by Gasteiger charge is -2.20. The number of carbonyl (C=O) groups is 3. The molecule has 29 heavy (non-hydrogen) atoms. The van der Waals surface area contributed by atoms with Gasteiger partial charge in [-0.15, -0.1) is 11.3 Å². The van der Waals surface area contributed by atoms with Crippen LogP contribution in [0.25, 0.3) is 0 Å². The maximum atomic E-state index is 12.6. The van der Waals surface area contributed by atoms with Crippen molar-refractivity contribution in [1.29, 1.82) is 0 Å².